The average Bonchev–Trinajstić information content (AvgIpc) is 2.46. The second-order valence-electron chi connectivity index (χ2n) is 3.78. The Morgan fingerprint density at radius 1 is 1.11 bits per heavy atom. The maximum atomic E-state index is 11.8. The molecule has 1 N–H and O–H groups in total. The second kappa shape index (κ2) is 5.77. The highest BCUT2D eigenvalue weighted by Gasteiger charge is 2.24. The highest BCUT2D eigenvalue weighted by molar-refractivity contribution is 5.91. The predicted octanol–water partition coefficient (Wildman–Crippen LogP) is 2.06. The number of rotatable bonds is 4. The van der Waals surface area contributed by atoms with Crippen molar-refractivity contribution in [1.29, 1.82) is 0 Å². The van der Waals surface area contributed by atoms with Crippen LogP contribution in [-0.4, -0.2) is 22.0 Å². The Kier molecular flexibility index (Phi) is 3.87. The molecule has 1 aromatic heterocycles. The molecule has 96 valence electrons. The summed E-state index contributed by atoms with van der Waals surface area (Å²) in [5.41, 5.74) is 0.622. The molecule has 1 unspecified atom stereocenters. The molecule has 0 saturated heterocycles. The molecule has 19 heavy (non-hydrogen) atoms. The van der Waals surface area contributed by atoms with E-state index in [1.54, 1.807) is 36.4 Å². The average molecular weight is 257 g/mol. The van der Waals surface area contributed by atoms with E-state index >= 15 is 0 Å². The van der Waals surface area contributed by atoms with Gasteiger partial charge < -0.3 is 9.84 Å². The molecular formula is C14H11NO4. The first kappa shape index (κ1) is 12.8. The van der Waals surface area contributed by atoms with Crippen LogP contribution in [0.4, 0.5) is 0 Å². The van der Waals surface area contributed by atoms with Crippen LogP contribution < -0.4 is 0 Å². The Morgan fingerprint density at radius 3 is 2.42 bits per heavy atom. The van der Waals surface area contributed by atoms with Crippen LogP contribution in [0.25, 0.3) is 0 Å². The quantitative estimate of drug-likeness (QED) is 0.848. The zero-order chi connectivity index (χ0) is 13.7. The lowest BCUT2D eigenvalue weighted by Gasteiger charge is -2.13. The molecule has 5 heteroatoms. The molecular weight excluding hydrogens is 246 g/mol. The number of aromatic nitrogens is 1. The highest BCUT2D eigenvalue weighted by Crippen LogP contribution is 2.19. The summed E-state index contributed by atoms with van der Waals surface area (Å²) in [6.07, 6.45) is 1.52. The van der Waals surface area contributed by atoms with E-state index in [-0.39, 0.29) is 5.56 Å². The molecule has 2 rings (SSSR count). The third kappa shape index (κ3) is 3.16. The van der Waals surface area contributed by atoms with Crippen molar-refractivity contribution in [1.82, 2.24) is 4.98 Å². The molecule has 0 saturated carbocycles. The van der Waals surface area contributed by atoms with Gasteiger partial charge in [0.2, 0.25) is 6.10 Å². The van der Waals surface area contributed by atoms with E-state index < -0.39 is 18.0 Å². The summed E-state index contributed by atoms with van der Waals surface area (Å²) in [6, 6.07) is 11.4. The number of aliphatic carboxylic acids is 1. The van der Waals surface area contributed by atoms with Crippen LogP contribution in [0.15, 0.2) is 54.9 Å². The van der Waals surface area contributed by atoms with E-state index in [0.29, 0.717) is 5.56 Å². The van der Waals surface area contributed by atoms with Gasteiger partial charge in [0.05, 0.1) is 5.56 Å². The van der Waals surface area contributed by atoms with Crippen LogP contribution in [0.5, 0.6) is 0 Å². The number of carboxylic acids is 1. The number of esters is 1. The largest absolute Gasteiger partial charge is 0.478 e. The summed E-state index contributed by atoms with van der Waals surface area (Å²) in [7, 11) is 0. The van der Waals surface area contributed by atoms with Crippen LogP contribution in [0.1, 0.15) is 22.0 Å². The number of carbonyl (C=O) groups is 2. The number of pyridine rings is 1. The lowest BCUT2D eigenvalue weighted by Crippen LogP contribution is -2.19. The number of ether oxygens (including phenoxy) is 1. The first-order valence-corrected chi connectivity index (χ1v) is 5.57. The molecule has 0 aliphatic rings. The van der Waals surface area contributed by atoms with Gasteiger partial charge in [0, 0.05) is 18.0 Å². The number of carboxylic acid groups (broad SMARTS) is 1. The minimum atomic E-state index is -1.33. The van der Waals surface area contributed by atoms with Gasteiger partial charge in [0.25, 0.3) is 0 Å². The third-order valence-electron chi connectivity index (χ3n) is 2.45. The van der Waals surface area contributed by atoms with Gasteiger partial charge in [-0.05, 0) is 12.1 Å². The van der Waals surface area contributed by atoms with Crippen LogP contribution in [-0.2, 0) is 9.53 Å². The van der Waals surface area contributed by atoms with Crippen LogP contribution in [0, 0.1) is 0 Å². The molecule has 2 aromatic rings. The number of carbonyl (C=O) groups excluding carboxylic acids is 1. The Morgan fingerprint density at radius 2 is 1.84 bits per heavy atom. The standard InChI is InChI=1S/C14H11NO4/c16-13(17)12(10-5-2-1-3-6-10)19-14(18)11-7-4-8-15-9-11/h1-9,12H,(H,16,17). The molecule has 0 bridgehead atoms. The van der Waals surface area contributed by atoms with Gasteiger partial charge >= 0.3 is 11.9 Å². The SMILES string of the molecule is O=C(OC(C(=O)O)c1ccccc1)c1cccnc1. The fourth-order valence-corrected chi connectivity index (χ4v) is 1.55. The van der Waals surface area contributed by atoms with Crippen molar-refractivity contribution in [3.8, 4) is 0 Å². The number of nitrogens with zero attached hydrogens (tertiary/aromatic N) is 1. The topological polar surface area (TPSA) is 76.5 Å². The van der Waals surface area contributed by atoms with Gasteiger partial charge in [-0.3, -0.25) is 4.98 Å². The Balaban J connectivity index is 2.19. The maximum Gasteiger partial charge on any atom is 0.349 e. The summed E-state index contributed by atoms with van der Waals surface area (Å²) < 4.78 is 5.01. The normalized spacial score (nSPS) is 11.6. The van der Waals surface area contributed by atoms with Crippen LogP contribution in [0.3, 0.4) is 0 Å². The van der Waals surface area contributed by atoms with Gasteiger partial charge in [-0.15, -0.1) is 0 Å². The molecule has 0 aliphatic heterocycles. The molecule has 5 nitrogen and oxygen atoms in total. The van der Waals surface area contributed by atoms with Gasteiger partial charge in [-0.2, -0.15) is 0 Å². The van der Waals surface area contributed by atoms with E-state index in [1.807, 2.05) is 0 Å². The summed E-state index contributed by atoms with van der Waals surface area (Å²) in [5, 5.41) is 9.13. The smallest absolute Gasteiger partial charge is 0.349 e. The number of hydrogen-bond donors (Lipinski definition) is 1. The summed E-state index contributed by atoms with van der Waals surface area (Å²) in [4.78, 5) is 26.8. The molecule has 0 spiro atoms. The third-order valence-corrected chi connectivity index (χ3v) is 2.45. The first-order valence-electron chi connectivity index (χ1n) is 5.57. The van der Waals surface area contributed by atoms with Crippen molar-refractivity contribution in [2.75, 3.05) is 0 Å². The first-order chi connectivity index (χ1) is 9.18. The number of benzene rings is 1. The predicted molar refractivity (Wildman–Crippen MR) is 66.5 cm³/mol. The fraction of sp³-hybridized carbons (Fsp3) is 0.0714. The molecule has 0 fully saturated rings. The lowest BCUT2D eigenvalue weighted by molar-refractivity contribution is -0.147. The Labute approximate surface area is 109 Å². The molecule has 1 heterocycles. The number of hydrogen-bond acceptors (Lipinski definition) is 4. The fourth-order valence-electron chi connectivity index (χ4n) is 1.55. The second-order valence-corrected chi connectivity index (χ2v) is 3.78. The van der Waals surface area contributed by atoms with Crippen molar-refractivity contribution in [2.24, 2.45) is 0 Å². The van der Waals surface area contributed by atoms with Crippen molar-refractivity contribution in [3.63, 3.8) is 0 Å². The maximum absolute atomic E-state index is 11.8. The van der Waals surface area contributed by atoms with E-state index in [1.165, 1.54) is 18.5 Å². The van der Waals surface area contributed by atoms with Crippen molar-refractivity contribution in [3.05, 3.63) is 66.0 Å². The zero-order valence-corrected chi connectivity index (χ0v) is 9.89. The minimum absolute atomic E-state index is 0.213. The summed E-state index contributed by atoms with van der Waals surface area (Å²) in [6.45, 7) is 0. The van der Waals surface area contributed by atoms with Crippen molar-refractivity contribution >= 4 is 11.9 Å². The molecule has 1 atom stereocenters. The van der Waals surface area contributed by atoms with Crippen LogP contribution >= 0.6 is 0 Å². The van der Waals surface area contributed by atoms with E-state index in [9.17, 15) is 9.59 Å². The monoisotopic (exact) mass is 257 g/mol. The minimum Gasteiger partial charge on any atom is -0.478 e. The van der Waals surface area contributed by atoms with E-state index in [4.69, 9.17) is 9.84 Å². The van der Waals surface area contributed by atoms with Crippen molar-refractivity contribution < 1.29 is 19.4 Å². The van der Waals surface area contributed by atoms with E-state index in [0.717, 1.165) is 0 Å². The Hall–Kier alpha value is -2.69. The van der Waals surface area contributed by atoms with Gasteiger partial charge in [-0.1, -0.05) is 30.3 Å². The zero-order valence-electron chi connectivity index (χ0n) is 9.89. The van der Waals surface area contributed by atoms with E-state index in [2.05, 4.69) is 4.98 Å². The highest BCUT2D eigenvalue weighted by atomic mass is 16.6. The van der Waals surface area contributed by atoms with Gasteiger partial charge in [0.15, 0.2) is 0 Å². The van der Waals surface area contributed by atoms with Gasteiger partial charge in [-0.25, -0.2) is 9.59 Å². The molecule has 0 radical (unpaired) electrons. The molecule has 1 aromatic carbocycles. The van der Waals surface area contributed by atoms with Crippen molar-refractivity contribution in [2.45, 2.75) is 6.10 Å². The van der Waals surface area contributed by atoms with Gasteiger partial charge in [0.1, 0.15) is 0 Å². The summed E-state index contributed by atoms with van der Waals surface area (Å²) in [5.74, 6) is -1.94. The molecule has 0 amide bonds. The summed E-state index contributed by atoms with van der Waals surface area (Å²) >= 11 is 0. The Bertz CT molecular complexity index is 569. The van der Waals surface area contributed by atoms with Crippen LogP contribution in [0.2, 0.25) is 0 Å². The lowest BCUT2D eigenvalue weighted by atomic mass is 10.1. The molecule has 0 aliphatic carbocycles.